The van der Waals surface area contributed by atoms with E-state index < -0.39 is 17.6 Å². The minimum absolute atomic E-state index is 0.0375. The van der Waals surface area contributed by atoms with Gasteiger partial charge in [-0.15, -0.1) is 0 Å². The normalized spacial score (nSPS) is 14.7. The summed E-state index contributed by atoms with van der Waals surface area (Å²) < 4.78 is 40.3. The molecule has 1 saturated heterocycles. The van der Waals surface area contributed by atoms with Crippen LogP contribution in [0.25, 0.3) is 11.0 Å². The van der Waals surface area contributed by atoms with Gasteiger partial charge in [-0.3, -0.25) is 4.79 Å². The predicted octanol–water partition coefficient (Wildman–Crippen LogP) is 3.99. The molecule has 1 aliphatic rings. The van der Waals surface area contributed by atoms with Crippen molar-refractivity contribution in [2.75, 3.05) is 30.8 Å². The summed E-state index contributed by atoms with van der Waals surface area (Å²) in [5.41, 5.74) is -0.211. The number of anilines is 1. The van der Waals surface area contributed by atoms with E-state index in [0.717, 1.165) is 49.3 Å². The van der Waals surface area contributed by atoms with Gasteiger partial charge in [0, 0.05) is 25.2 Å². The van der Waals surface area contributed by atoms with E-state index in [0.29, 0.717) is 17.3 Å². The molecule has 0 radical (unpaired) electrons. The molecule has 0 unspecified atom stereocenters. The Bertz CT molecular complexity index is 1110. The van der Waals surface area contributed by atoms with Crippen LogP contribution in [-0.4, -0.2) is 51.5 Å². The van der Waals surface area contributed by atoms with Crippen molar-refractivity contribution in [2.24, 2.45) is 0 Å². The molecule has 3 aromatic rings. The van der Waals surface area contributed by atoms with Crippen molar-refractivity contribution in [2.45, 2.75) is 37.1 Å². The second-order valence-corrected chi connectivity index (χ2v) is 8.29. The number of carbonyl (C=O) groups excluding carboxylic acids is 1. The number of piperidine rings is 1. The molecule has 0 spiro atoms. The second-order valence-electron chi connectivity index (χ2n) is 7.52. The molecule has 2 aromatic heterocycles. The Morgan fingerprint density at radius 2 is 1.97 bits per heavy atom. The summed E-state index contributed by atoms with van der Waals surface area (Å²) in [6.07, 6.45) is 2.61. The van der Waals surface area contributed by atoms with Crippen LogP contribution < -0.4 is 10.2 Å². The van der Waals surface area contributed by atoms with Crippen LogP contribution in [0.2, 0.25) is 0 Å². The van der Waals surface area contributed by atoms with Gasteiger partial charge in [0.25, 0.3) is 5.91 Å². The molecule has 0 bridgehead atoms. The average molecular weight is 465 g/mol. The summed E-state index contributed by atoms with van der Waals surface area (Å²) in [7, 11) is 0. The zero-order valence-electron chi connectivity index (χ0n) is 17.5. The van der Waals surface area contributed by atoms with Gasteiger partial charge in [0.15, 0.2) is 10.8 Å². The highest BCUT2D eigenvalue weighted by Gasteiger charge is 2.30. The molecular weight excluding hydrogens is 441 g/mol. The molecule has 1 aromatic carbocycles. The van der Waals surface area contributed by atoms with Crippen LogP contribution in [0.15, 0.2) is 35.6 Å². The maximum atomic E-state index is 12.9. The fraction of sp³-hybridized carbons (Fsp3) is 0.429. The third-order valence-electron chi connectivity index (χ3n) is 5.36. The highest BCUT2D eigenvalue weighted by Crippen LogP contribution is 2.30. The molecule has 0 aliphatic carbocycles. The number of benzene rings is 1. The SMILES string of the molecule is CSc1nc(N2CCCCC2)c2cnn(CCNC(=O)c3cccc(C(F)(F)F)c3)c2n1. The van der Waals surface area contributed by atoms with E-state index in [4.69, 9.17) is 4.98 Å². The van der Waals surface area contributed by atoms with E-state index >= 15 is 0 Å². The monoisotopic (exact) mass is 464 g/mol. The van der Waals surface area contributed by atoms with Crippen molar-refractivity contribution >= 4 is 34.5 Å². The predicted molar refractivity (Wildman–Crippen MR) is 117 cm³/mol. The Kier molecular flexibility index (Phi) is 6.54. The quantitative estimate of drug-likeness (QED) is 0.439. The molecule has 1 amide bonds. The lowest BCUT2D eigenvalue weighted by atomic mass is 10.1. The molecular formula is C21H23F3N6OS. The maximum absolute atomic E-state index is 12.9. The fourth-order valence-electron chi connectivity index (χ4n) is 3.74. The lowest BCUT2D eigenvalue weighted by Gasteiger charge is -2.28. The van der Waals surface area contributed by atoms with Crippen LogP contribution in [-0.2, 0) is 12.7 Å². The smallest absolute Gasteiger partial charge is 0.356 e. The van der Waals surface area contributed by atoms with E-state index in [1.165, 1.54) is 30.3 Å². The van der Waals surface area contributed by atoms with E-state index in [1.807, 2.05) is 6.26 Å². The maximum Gasteiger partial charge on any atom is 0.416 e. The number of rotatable bonds is 6. The first-order chi connectivity index (χ1) is 15.4. The standard InChI is InChI=1S/C21H23F3N6OS/c1-32-20-27-17(29-9-3-2-4-10-29)16-13-26-30(18(16)28-20)11-8-25-19(31)14-6-5-7-15(12-14)21(22,23)24/h5-7,12-13H,2-4,8-11H2,1H3,(H,25,31). The molecule has 1 fully saturated rings. The number of amides is 1. The minimum Gasteiger partial charge on any atom is -0.356 e. The molecule has 1 aliphatic heterocycles. The molecule has 3 heterocycles. The van der Waals surface area contributed by atoms with Crippen LogP contribution in [0.5, 0.6) is 0 Å². The van der Waals surface area contributed by atoms with Crippen molar-refractivity contribution in [1.29, 1.82) is 0 Å². The molecule has 4 rings (SSSR count). The van der Waals surface area contributed by atoms with Gasteiger partial charge >= 0.3 is 6.18 Å². The average Bonchev–Trinajstić information content (AvgIpc) is 3.21. The molecule has 32 heavy (non-hydrogen) atoms. The fourth-order valence-corrected chi connectivity index (χ4v) is 4.09. The number of nitrogens with one attached hydrogen (secondary N) is 1. The zero-order chi connectivity index (χ0) is 22.7. The topological polar surface area (TPSA) is 75.9 Å². The Hall–Kier alpha value is -2.82. The number of carbonyl (C=O) groups is 1. The Morgan fingerprint density at radius 3 is 2.69 bits per heavy atom. The Balaban J connectivity index is 1.48. The van der Waals surface area contributed by atoms with Crippen LogP contribution >= 0.6 is 11.8 Å². The highest BCUT2D eigenvalue weighted by atomic mass is 32.2. The first-order valence-corrected chi connectivity index (χ1v) is 11.6. The minimum atomic E-state index is -4.50. The third kappa shape index (κ3) is 4.82. The summed E-state index contributed by atoms with van der Waals surface area (Å²) in [5.74, 6) is 0.305. The van der Waals surface area contributed by atoms with E-state index in [1.54, 1.807) is 10.9 Å². The van der Waals surface area contributed by atoms with Gasteiger partial charge in [-0.05, 0) is 43.7 Å². The number of aromatic nitrogens is 4. The lowest BCUT2D eigenvalue weighted by molar-refractivity contribution is -0.137. The molecule has 7 nitrogen and oxygen atoms in total. The number of nitrogens with zero attached hydrogens (tertiary/aromatic N) is 5. The van der Waals surface area contributed by atoms with Crippen molar-refractivity contribution in [3.63, 3.8) is 0 Å². The van der Waals surface area contributed by atoms with Crippen LogP contribution in [0.3, 0.4) is 0 Å². The van der Waals surface area contributed by atoms with Gasteiger partial charge in [-0.25, -0.2) is 14.6 Å². The number of hydrogen-bond donors (Lipinski definition) is 1. The van der Waals surface area contributed by atoms with Gasteiger partial charge in [0.2, 0.25) is 0 Å². The Morgan fingerprint density at radius 1 is 1.19 bits per heavy atom. The number of alkyl halides is 3. The van der Waals surface area contributed by atoms with Gasteiger partial charge in [0.05, 0.1) is 23.7 Å². The summed E-state index contributed by atoms with van der Waals surface area (Å²) in [6, 6.07) is 4.37. The number of hydrogen-bond acceptors (Lipinski definition) is 6. The van der Waals surface area contributed by atoms with E-state index in [2.05, 4.69) is 20.3 Å². The van der Waals surface area contributed by atoms with Gasteiger partial charge in [0.1, 0.15) is 5.82 Å². The van der Waals surface area contributed by atoms with Crippen molar-refractivity contribution < 1.29 is 18.0 Å². The van der Waals surface area contributed by atoms with Crippen molar-refractivity contribution in [3.05, 3.63) is 41.6 Å². The van der Waals surface area contributed by atoms with E-state index in [-0.39, 0.29) is 12.1 Å². The third-order valence-corrected chi connectivity index (χ3v) is 5.90. The van der Waals surface area contributed by atoms with Gasteiger partial charge in [-0.2, -0.15) is 18.3 Å². The van der Waals surface area contributed by atoms with Crippen molar-refractivity contribution in [1.82, 2.24) is 25.1 Å². The van der Waals surface area contributed by atoms with Crippen LogP contribution in [0.4, 0.5) is 19.0 Å². The van der Waals surface area contributed by atoms with Crippen LogP contribution in [0, 0.1) is 0 Å². The first-order valence-electron chi connectivity index (χ1n) is 10.3. The number of fused-ring (bicyclic) bond motifs is 1. The molecule has 1 N–H and O–H groups in total. The molecule has 11 heteroatoms. The molecule has 170 valence electrons. The molecule has 0 atom stereocenters. The zero-order valence-corrected chi connectivity index (χ0v) is 18.3. The molecule has 0 saturated carbocycles. The van der Waals surface area contributed by atoms with Crippen LogP contribution in [0.1, 0.15) is 35.2 Å². The number of halogens is 3. The summed E-state index contributed by atoms with van der Waals surface area (Å²) >= 11 is 1.45. The Labute approximate surface area is 187 Å². The summed E-state index contributed by atoms with van der Waals surface area (Å²) in [6.45, 7) is 2.41. The summed E-state index contributed by atoms with van der Waals surface area (Å²) in [4.78, 5) is 23.9. The van der Waals surface area contributed by atoms with Gasteiger partial charge < -0.3 is 10.2 Å². The summed E-state index contributed by atoms with van der Waals surface area (Å²) in [5, 5.41) is 8.58. The highest BCUT2D eigenvalue weighted by molar-refractivity contribution is 7.98. The first kappa shape index (κ1) is 22.4. The van der Waals surface area contributed by atoms with Crippen molar-refractivity contribution in [3.8, 4) is 0 Å². The lowest BCUT2D eigenvalue weighted by Crippen LogP contribution is -2.30. The van der Waals surface area contributed by atoms with Gasteiger partial charge in [-0.1, -0.05) is 17.8 Å². The largest absolute Gasteiger partial charge is 0.416 e. The number of thioether (sulfide) groups is 1. The van der Waals surface area contributed by atoms with E-state index in [9.17, 15) is 18.0 Å². The second kappa shape index (κ2) is 9.35.